The fraction of sp³-hybridized carbons (Fsp3) is 0.643. The third-order valence-corrected chi connectivity index (χ3v) is 3.85. The second-order valence-electron chi connectivity index (χ2n) is 5.48. The summed E-state index contributed by atoms with van der Waals surface area (Å²) in [6, 6.07) is -0.189. The Bertz CT molecular complexity index is 504. The van der Waals surface area contributed by atoms with Gasteiger partial charge in [-0.3, -0.25) is 10.2 Å². The number of rotatable bonds is 5. The van der Waals surface area contributed by atoms with Crippen molar-refractivity contribution in [2.45, 2.75) is 51.7 Å². The highest BCUT2D eigenvalue weighted by Crippen LogP contribution is 2.27. The lowest BCUT2D eigenvalue weighted by molar-refractivity contribution is -0.132. The highest BCUT2D eigenvalue weighted by atomic mass is 19.4. The Kier molecular flexibility index (Phi) is 5.73. The lowest BCUT2D eigenvalue weighted by Crippen LogP contribution is -2.37. The number of aliphatic carboxylic acids is 1. The van der Waals surface area contributed by atoms with E-state index in [9.17, 15) is 22.8 Å². The molecule has 0 aromatic heterocycles. The van der Waals surface area contributed by atoms with Gasteiger partial charge in [0.25, 0.3) is 0 Å². The highest BCUT2D eigenvalue weighted by Gasteiger charge is 2.40. The molecule has 124 valence electrons. The Balaban J connectivity index is 2.83. The van der Waals surface area contributed by atoms with Crippen molar-refractivity contribution in [1.82, 2.24) is 5.32 Å². The molecule has 22 heavy (non-hydrogen) atoms. The zero-order valence-corrected chi connectivity index (χ0v) is 12.4. The monoisotopic (exact) mass is 320 g/mol. The molecule has 0 aliphatic heterocycles. The standard InChI is InChI=1S/C14H19F3N2O3/c1-7(11(13(21)22)12(18)14(15,16)17)19-10-5-3-9(4-6-10)8(2)20/h9-10,18-19H,3-6H2,1-2H3,(H,21,22)/b11-7+,18-12?/t9-,10-. The van der Waals surface area contributed by atoms with Crippen LogP contribution in [0.3, 0.4) is 0 Å². The van der Waals surface area contributed by atoms with Gasteiger partial charge in [0.15, 0.2) is 5.71 Å². The lowest BCUT2D eigenvalue weighted by atomic mass is 9.84. The van der Waals surface area contributed by atoms with Gasteiger partial charge in [-0.2, -0.15) is 13.2 Å². The Hall–Kier alpha value is -1.86. The number of alkyl halides is 3. The van der Waals surface area contributed by atoms with Crippen LogP contribution in [0.5, 0.6) is 0 Å². The quantitative estimate of drug-likeness (QED) is 0.536. The number of carbonyl (C=O) groups is 2. The summed E-state index contributed by atoms with van der Waals surface area (Å²) in [4.78, 5) is 22.3. The average molecular weight is 320 g/mol. The number of Topliss-reactive ketones (excluding diaryl/α,β-unsaturated/α-hetero) is 1. The fourth-order valence-corrected chi connectivity index (χ4v) is 2.62. The summed E-state index contributed by atoms with van der Waals surface area (Å²) >= 11 is 0. The summed E-state index contributed by atoms with van der Waals surface area (Å²) in [6.45, 7) is 2.73. The van der Waals surface area contributed by atoms with E-state index >= 15 is 0 Å². The molecule has 0 heterocycles. The number of ketones is 1. The van der Waals surface area contributed by atoms with Gasteiger partial charge in [0, 0.05) is 17.7 Å². The van der Waals surface area contributed by atoms with Crippen LogP contribution in [0, 0.1) is 11.3 Å². The number of halogens is 3. The first kappa shape index (κ1) is 18.2. The summed E-state index contributed by atoms with van der Waals surface area (Å²) in [5.41, 5.74) is -3.12. The minimum absolute atomic E-state index is 0.0326. The second-order valence-corrected chi connectivity index (χ2v) is 5.48. The summed E-state index contributed by atoms with van der Waals surface area (Å²) in [7, 11) is 0. The molecule has 3 N–H and O–H groups in total. The van der Waals surface area contributed by atoms with Gasteiger partial charge in [-0.15, -0.1) is 0 Å². The van der Waals surface area contributed by atoms with Crippen molar-refractivity contribution in [3.05, 3.63) is 11.3 Å². The maximum absolute atomic E-state index is 12.6. The van der Waals surface area contributed by atoms with Crippen LogP contribution in [0.25, 0.3) is 0 Å². The van der Waals surface area contributed by atoms with Crippen LogP contribution in [0.4, 0.5) is 13.2 Å². The molecule has 1 aliphatic rings. The Morgan fingerprint density at radius 3 is 2.00 bits per heavy atom. The van der Waals surface area contributed by atoms with E-state index in [-0.39, 0.29) is 23.4 Å². The molecule has 0 radical (unpaired) electrons. The van der Waals surface area contributed by atoms with Crippen molar-refractivity contribution in [2.75, 3.05) is 0 Å². The van der Waals surface area contributed by atoms with Crippen LogP contribution in [0.15, 0.2) is 11.3 Å². The molecule has 1 fully saturated rings. The maximum atomic E-state index is 12.6. The molecule has 1 aliphatic carbocycles. The zero-order chi connectivity index (χ0) is 17.1. The number of hydrogen-bond acceptors (Lipinski definition) is 4. The van der Waals surface area contributed by atoms with E-state index < -0.39 is 23.4 Å². The van der Waals surface area contributed by atoms with Crippen molar-refractivity contribution in [1.29, 1.82) is 5.41 Å². The zero-order valence-electron chi connectivity index (χ0n) is 12.4. The van der Waals surface area contributed by atoms with Gasteiger partial charge in [-0.1, -0.05) is 0 Å². The first-order valence-electron chi connectivity index (χ1n) is 6.91. The van der Waals surface area contributed by atoms with E-state index in [0.717, 1.165) is 0 Å². The molecule has 5 nitrogen and oxygen atoms in total. The van der Waals surface area contributed by atoms with Gasteiger partial charge in [0.05, 0.1) is 0 Å². The van der Waals surface area contributed by atoms with E-state index in [2.05, 4.69) is 5.32 Å². The van der Waals surface area contributed by atoms with Gasteiger partial charge < -0.3 is 10.4 Å². The minimum Gasteiger partial charge on any atom is -0.478 e. The van der Waals surface area contributed by atoms with Gasteiger partial charge >= 0.3 is 12.1 Å². The minimum atomic E-state index is -5.01. The van der Waals surface area contributed by atoms with Crippen LogP contribution < -0.4 is 5.32 Å². The van der Waals surface area contributed by atoms with Crippen LogP contribution in [0.2, 0.25) is 0 Å². The molecular weight excluding hydrogens is 301 g/mol. The molecule has 8 heteroatoms. The topological polar surface area (TPSA) is 90.3 Å². The number of carboxylic acids is 1. The fourth-order valence-electron chi connectivity index (χ4n) is 2.62. The number of carboxylic acid groups (broad SMARTS) is 1. The van der Waals surface area contributed by atoms with Gasteiger partial charge in [0.1, 0.15) is 11.4 Å². The Morgan fingerprint density at radius 1 is 1.14 bits per heavy atom. The van der Waals surface area contributed by atoms with Gasteiger partial charge in [0.2, 0.25) is 0 Å². The Morgan fingerprint density at radius 2 is 1.64 bits per heavy atom. The molecule has 1 saturated carbocycles. The second kappa shape index (κ2) is 6.93. The highest BCUT2D eigenvalue weighted by molar-refractivity contribution is 6.20. The molecule has 0 aromatic rings. The first-order chi connectivity index (χ1) is 10.0. The number of nitrogens with one attached hydrogen (secondary N) is 2. The van der Waals surface area contributed by atoms with Crippen molar-refractivity contribution in [2.24, 2.45) is 5.92 Å². The van der Waals surface area contributed by atoms with Crippen LogP contribution in [0.1, 0.15) is 39.5 Å². The van der Waals surface area contributed by atoms with Crippen LogP contribution in [-0.4, -0.2) is 34.8 Å². The molecular formula is C14H19F3N2O3. The van der Waals surface area contributed by atoms with Gasteiger partial charge in [-0.05, 0) is 39.5 Å². The van der Waals surface area contributed by atoms with E-state index in [0.29, 0.717) is 25.7 Å². The first-order valence-corrected chi connectivity index (χ1v) is 6.91. The Labute approximate surface area is 126 Å². The van der Waals surface area contributed by atoms with Crippen molar-refractivity contribution < 1.29 is 27.9 Å². The van der Waals surface area contributed by atoms with E-state index in [1.807, 2.05) is 0 Å². The third kappa shape index (κ3) is 4.57. The molecule has 0 saturated heterocycles. The SMILES string of the molecule is C/C(N[C@H]1CC[C@H](C(C)=O)CC1)=C(/C(=N)C(F)(F)F)C(=O)O. The summed E-state index contributed by atoms with van der Waals surface area (Å²) < 4.78 is 37.7. The molecule has 0 amide bonds. The summed E-state index contributed by atoms with van der Waals surface area (Å²) in [5.74, 6) is -1.73. The van der Waals surface area contributed by atoms with Crippen molar-refractivity contribution in [3.8, 4) is 0 Å². The molecule has 1 rings (SSSR count). The lowest BCUT2D eigenvalue weighted by Gasteiger charge is -2.29. The molecule has 0 aromatic carbocycles. The number of allylic oxidation sites excluding steroid dienone is 1. The van der Waals surface area contributed by atoms with E-state index in [4.69, 9.17) is 10.5 Å². The molecule has 0 unspecified atom stereocenters. The molecule has 0 bridgehead atoms. The van der Waals surface area contributed by atoms with Gasteiger partial charge in [-0.25, -0.2) is 4.79 Å². The van der Waals surface area contributed by atoms with Crippen LogP contribution in [-0.2, 0) is 9.59 Å². The smallest absolute Gasteiger partial charge is 0.433 e. The maximum Gasteiger partial charge on any atom is 0.433 e. The summed E-state index contributed by atoms with van der Waals surface area (Å²) in [6.07, 6.45) is -2.61. The van der Waals surface area contributed by atoms with Crippen molar-refractivity contribution >= 4 is 17.5 Å². The normalized spacial score (nSPS) is 23.5. The average Bonchev–Trinajstić information content (AvgIpc) is 2.37. The van der Waals surface area contributed by atoms with Crippen molar-refractivity contribution in [3.63, 3.8) is 0 Å². The molecule has 0 atom stereocenters. The number of hydrogen-bond donors (Lipinski definition) is 3. The third-order valence-electron chi connectivity index (χ3n) is 3.85. The largest absolute Gasteiger partial charge is 0.478 e. The van der Waals surface area contributed by atoms with E-state index in [1.165, 1.54) is 13.8 Å². The van der Waals surface area contributed by atoms with E-state index in [1.54, 1.807) is 0 Å². The summed E-state index contributed by atoms with van der Waals surface area (Å²) in [5, 5.41) is 18.7. The predicted molar refractivity (Wildman–Crippen MR) is 73.7 cm³/mol. The predicted octanol–water partition coefficient (Wildman–Crippen LogP) is 2.66. The molecule has 0 spiro atoms. The van der Waals surface area contributed by atoms with Crippen LogP contribution >= 0.6 is 0 Å². The number of carbonyl (C=O) groups excluding carboxylic acids is 1.